The molecule has 4 N–H and O–H groups in total. The number of carbonyl (C=O) groups excluding carboxylic acids is 1. The van der Waals surface area contributed by atoms with Gasteiger partial charge in [0.05, 0.1) is 5.52 Å². The van der Waals surface area contributed by atoms with E-state index in [9.17, 15) is 14.4 Å². The van der Waals surface area contributed by atoms with Crippen LogP contribution in [0.15, 0.2) is 33.9 Å². The number of fused-ring (bicyclic) bond motifs is 2. The molecule has 1 amide bonds. The van der Waals surface area contributed by atoms with Crippen LogP contribution in [0.2, 0.25) is 0 Å². The molecule has 0 radical (unpaired) electrons. The summed E-state index contributed by atoms with van der Waals surface area (Å²) in [6.45, 7) is 0. The molecule has 3 heterocycles. The lowest BCUT2D eigenvalue weighted by molar-refractivity contribution is -0.111. The molecule has 4 aromatic rings. The topological polar surface area (TPSA) is 175 Å². The van der Waals surface area contributed by atoms with Gasteiger partial charge in [0.1, 0.15) is 5.52 Å². The van der Waals surface area contributed by atoms with E-state index in [1.807, 2.05) is 0 Å². The molecule has 0 saturated carbocycles. The van der Waals surface area contributed by atoms with Crippen LogP contribution in [0.3, 0.4) is 0 Å². The molecule has 0 spiro atoms. The Morgan fingerprint density at radius 3 is 2.81 bits per heavy atom. The van der Waals surface area contributed by atoms with Crippen LogP contribution in [-0.4, -0.2) is 46.9 Å². The lowest BCUT2D eigenvalue weighted by Gasteiger charge is -1.97. The zero-order valence-corrected chi connectivity index (χ0v) is 12.8. The molecule has 4 rings (SSSR count). The smallest absolute Gasteiger partial charge is 0.278 e. The molecule has 0 bridgehead atoms. The van der Waals surface area contributed by atoms with E-state index in [-0.39, 0.29) is 22.4 Å². The summed E-state index contributed by atoms with van der Waals surface area (Å²) in [7, 11) is 0. The molecule has 26 heavy (non-hydrogen) atoms. The zero-order valence-electron chi connectivity index (χ0n) is 12.8. The summed E-state index contributed by atoms with van der Waals surface area (Å²) in [4.78, 5) is 39.0. The second-order valence-electron chi connectivity index (χ2n) is 5.20. The van der Waals surface area contributed by atoms with E-state index in [0.717, 1.165) is 0 Å². The van der Waals surface area contributed by atoms with Crippen LogP contribution < -0.4 is 16.3 Å². The van der Waals surface area contributed by atoms with Crippen molar-refractivity contribution in [1.82, 2.24) is 41.0 Å². The van der Waals surface area contributed by atoms with Gasteiger partial charge in [-0.1, -0.05) is 16.4 Å². The number of aromatic amines is 3. The average Bonchev–Trinajstić information content (AvgIpc) is 3.29. The Hall–Kier alpha value is -4.22. The first kappa shape index (κ1) is 15.3. The molecule has 1 aromatic carbocycles. The Morgan fingerprint density at radius 2 is 2.00 bits per heavy atom. The first-order valence-corrected chi connectivity index (χ1v) is 7.26. The Morgan fingerprint density at radius 1 is 1.12 bits per heavy atom. The molecule has 0 saturated heterocycles. The highest BCUT2D eigenvalue weighted by Crippen LogP contribution is 2.12. The van der Waals surface area contributed by atoms with Gasteiger partial charge in [-0.3, -0.25) is 24.8 Å². The number of nitrogens with zero attached hydrogens (tertiary/aromatic N) is 5. The molecule has 0 aliphatic rings. The number of benzene rings is 1. The van der Waals surface area contributed by atoms with Gasteiger partial charge in [-0.05, 0) is 34.2 Å². The molecule has 0 aliphatic carbocycles. The van der Waals surface area contributed by atoms with Gasteiger partial charge in [0.2, 0.25) is 11.4 Å². The fourth-order valence-corrected chi connectivity index (χ4v) is 2.37. The monoisotopic (exact) mass is 351 g/mol. The van der Waals surface area contributed by atoms with Crippen LogP contribution in [0.1, 0.15) is 5.56 Å². The molecule has 12 nitrogen and oxygen atoms in total. The van der Waals surface area contributed by atoms with Crippen molar-refractivity contribution in [2.24, 2.45) is 0 Å². The van der Waals surface area contributed by atoms with E-state index in [1.165, 1.54) is 12.2 Å². The van der Waals surface area contributed by atoms with Gasteiger partial charge in [-0.15, -0.1) is 5.10 Å². The molecule has 12 heteroatoms. The number of carbonyl (C=O) groups is 1. The number of anilines is 1. The summed E-state index contributed by atoms with van der Waals surface area (Å²) in [6, 6.07) is 4.76. The van der Waals surface area contributed by atoms with Crippen molar-refractivity contribution in [1.29, 1.82) is 0 Å². The van der Waals surface area contributed by atoms with Gasteiger partial charge in [0, 0.05) is 11.5 Å². The number of tetrazole rings is 1. The molecule has 0 aliphatic heterocycles. The van der Waals surface area contributed by atoms with Crippen LogP contribution in [0, 0.1) is 0 Å². The van der Waals surface area contributed by atoms with Crippen molar-refractivity contribution in [2.45, 2.75) is 0 Å². The lowest BCUT2D eigenvalue weighted by Crippen LogP contribution is -2.09. The van der Waals surface area contributed by atoms with E-state index >= 15 is 0 Å². The van der Waals surface area contributed by atoms with Gasteiger partial charge in [0.25, 0.3) is 11.5 Å². The van der Waals surface area contributed by atoms with Gasteiger partial charge in [-0.2, -0.15) is 0 Å². The van der Waals surface area contributed by atoms with Gasteiger partial charge >= 0.3 is 0 Å². The molecular weight excluding hydrogens is 342 g/mol. The molecule has 0 unspecified atom stereocenters. The Labute approximate surface area is 142 Å². The van der Waals surface area contributed by atoms with E-state index in [2.05, 4.69) is 46.3 Å². The fourth-order valence-electron chi connectivity index (χ4n) is 2.37. The van der Waals surface area contributed by atoms with E-state index in [4.69, 9.17) is 0 Å². The number of hydrogen-bond acceptors (Lipinski definition) is 8. The minimum Gasteiger partial charge on any atom is -0.320 e. The van der Waals surface area contributed by atoms with Crippen LogP contribution in [-0.2, 0) is 4.79 Å². The summed E-state index contributed by atoms with van der Waals surface area (Å²) >= 11 is 0. The van der Waals surface area contributed by atoms with Crippen molar-refractivity contribution < 1.29 is 4.79 Å². The van der Waals surface area contributed by atoms with Crippen LogP contribution in [0.25, 0.3) is 28.0 Å². The SMILES string of the molecule is O=C(/C=C/c1ccc2c(=O)c3[nH]nnc3c(=O)[nH]c2c1)Nc1nnn[nH]1. The predicted octanol–water partition coefficient (Wildman–Crippen LogP) is -0.675. The van der Waals surface area contributed by atoms with Crippen LogP contribution in [0.4, 0.5) is 5.95 Å². The third-order valence-electron chi connectivity index (χ3n) is 3.54. The van der Waals surface area contributed by atoms with Crippen molar-refractivity contribution in [3.05, 3.63) is 50.4 Å². The molecule has 3 aromatic heterocycles. The Bertz CT molecular complexity index is 1270. The third-order valence-corrected chi connectivity index (χ3v) is 3.54. The summed E-state index contributed by atoms with van der Waals surface area (Å²) in [6.07, 6.45) is 2.78. The number of nitrogens with one attached hydrogen (secondary N) is 4. The number of aromatic nitrogens is 8. The summed E-state index contributed by atoms with van der Waals surface area (Å²) in [5.74, 6) is -0.342. The number of H-pyrrole nitrogens is 3. The number of amides is 1. The highest BCUT2D eigenvalue weighted by atomic mass is 16.1. The molecule has 128 valence electrons. The summed E-state index contributed by atoms with van der Waals surface area (Å²) < 4.78 is 0. The maximum atomic E-state index is 12.5. The number of hydrogen-bond donors (Lipinski definition) is 4. The molecule has 0 fully saturated rings. The highest BCUT2D eigenvalue weighted by molar-refractivity contribution is 6.01. The highest BCUT2D eigenvalue weighted by Gasteiger charge is 2.09. The third kappa shape index (κ3) is 2.71. The molecule has 0 atom stereocenters. The van der Waals surface area contributed by atoms with Crippen molar-refractivity contribution in [3.63, 3.8) is 0 Å². The predicted molar refractivity (Wildman–Crippen MR) is 90.1 cm³/mol. The summed E-state index contributed by atoms with van der Waals surface area (Å²) in [5.41, 5.74) is -0.0670. The molecular formula is C14H9N9O3. The first-order chi connectivity index (χ1) is 12.6. The van der Waals surface area contributed by atoms with Crippen molar-refractivity contribution >= 4 is 39.9 Å². The van der Waals surface area contributed by atoms with E-state index in [0.29, 0.717) is 11.1 Å². The average molecular weight is 351 g/mol. The Balaban J connectivity index is 1.73. The first-order valence-electron chi connectivity index (χ1n) is 7.26. The number of rotatable bonds is 3. The normalized spacial score (nSPS) is 11.4. The summed E-state index contributed by atoms with van der Waals surface area (Å²) in [5, 5.41) is 24.9. The van der Waals surface area contributed by atoms with Crippen LogP contribution in [0.5, 0.6) is 0 Å². The minimum atomic E-state index is -0.544. The standard InChI is InChI=1S/C14H9N9O3/c24-9(16-14-19-22-23-20-14)4-2-6-1-3-7-8(5-6)15-13(26)11-10(12(7)25)17-21-18-11/h1-5H,(H,15,26)(H,17,18,21)(H2,16,19,20,22,23,24)/b4-2+. The van der Waals surface area contributed by atoms with Crippen LogP contribution >= 0.6 is 0 Å². The van der Waals surface area contributed by atoms with Crippen molar-refractivity contribution in [2.75, 3.05) is 5.32 Å². The second kappa shape index (κ2) is 6.01. The lowest BCUT2D eigenvalue weighted by atomic mass is 10.1. The van der Waals surface area contributed by atoms with Crippen molar-refractivity contribution in [3.8, 4) is 0 Å². The van der Waals surface area contributed by atoms with E-state index < -0.39 is 16.9 Å². The quantitative estimate of drug-likeness (QED) is 0.351. The van der Waals surface area contributed by atoms with Gasteiger partial charge in [-0.25, -0.2) is 5.10 Å². The maximum Gasteiger partial charge on any atom is 0.278 e. The van der Waals surface area contributed by atoms with E-state index in [1.54, 1.807) is 18.2 Å². The van der Waals surface area contributed by atoms with Gasteiger partial charge < -0.3 is 4.98 Å². The second-order valence-corrected chi connectivity index (χ2v) is 5.20. The maximum absolute atomic E-state index is 12.5. The fraction of sp³-hybridized carbons (Fsp3) is 0. The largest absolute Gasteiger partial charge is 0.320 e. The minimum absolute atomic E-state index is 0.0320. The van der Waals surface area contributed by atoms with Gasteiger partial charge in [0.15, 0.2) is 5.52 Å². The Kier molecular flexibility index (Phi) is 3.54. The zero-order chi connectivity index (χ0) is 18.1.